The van der Waals surface area contributed by atoms with Gasteiger partial charge in [0.2, 0.25) is 0 Å². The molecule has 8 heteroatoms. The van der Waals surface area contributed by atoms with E-state index in [1.807, 2.05) is 62.4 Å². The summed E-state index contributed by atoms with van der Waals surface area (Å²) in [5.74, 6) is 0.591. The Balaban J connectivity index is 1.88. The summed E-state index contributed by atoms with van der Waals surface area (Å²) in [5.41, 5.74) is 1.71. The van der Waals surface area contributed by atoms with Crippen molar-refractivity contribution in [1.82, 2.24) is 9.88 Å². The van der Waals surface area contributed by atoms with Crippen molar-refractivity contribution in [3.05, 3.63) is 110 Å². The Morgan fingerprint density at radius 1 is 1.08 bits per heavy atom. The normalized spacial score (nSPS) is 12.8. The largest absolute Gasteiger partial charge is 0.493 e. The van der Waals surface area contributed by atoms with Crippen LogP contribution in [0.15, 0.2) is 83.7 Å². The Kier molecular flexibility index (Phi) is 8.41. The number of nitrogens with zero attached hydrogens (tertiary/aromatic N) is 2. The average molecular weight is 526 g/mol. The molecule has 1 N–H and O–H groups in total. The lowest BCUT2D eigenvalue weighted by Gasteiger charge is -2.13. The van der Waals surface area contributed by atoms with Gasteiger partial charge in [-0.15, -0.1) is 11.3 Å². The minimum absolute atomic E-state index is 0.136. The van der Waals surface area contributed by atoms with Crippen molar-refractivity contribution in [2.45, 2.75) is 19.9 Å². The van der Waals surface area contributed by atoms with Crippen LogP contribution in [0.25, 0.3) is 17.3 Å². The molecule has 1 atom stereocenters. The van der Waals surface area contributed by atoms with E-state index in [1.165, 1.54) is 4.57 Å². The Morgan fingerprint density at radius 3 is 2.39 bits per heavy atom. The number of benzene rings is 3. The van der Waals surface area contributed by atoms with E-state index >= 15 is 0 Å². The summed E-state index contributed by atoms with van der Waals surface area (Å²) in [6.07, 6.45) is 1.72. The quantitative estimate of drug-likeness (QED) is 0.379. The second-order valence-electron chi connectivity index (χ2n) is 8.33. The van der Waals surface area contributed by atoms with Crippen molar-refractivity contribution >= 4 is 28.9 Å². The molecular formula is C30H27N3O4S. The second kappa shape index (κ2) is 12.1. The lowest BCUT2D eigenvalue weighted by molar-refractivity contribution is -0.116. The first kappa shape index (κ1) is 26.5. The highest BCUT2D eigenvalue weighted by molar-refractivity contribution is 7.07. The zero-order valence-electron chi connectivity index (χ0n) is 21.3. The number of thiazole rings is 1. The molecule has 0 spiro atoms. The number of nitriles is 1. The van der Waals surface area contributed by atoms with Crippen molar-refractivity contribution < 1.29 is 14.3 Å². The molecule has 1 heterocycles. The maximum Gasteiger partial charge on any atom is 0.273 e. The molecule has 0 radical (unpaired) electrons. The molecule has 0 fully saturated rings. The summed E-state index contributed by atoms with van der Waals surface area (Å²) < 4.78 is 13.1. The van der Waals surface area contributed by atoms with E-state index in [0.717, 1.165) is 22.5 Å². The van der Waals surface area contributed by atoms with Gasteiger partial charge in [-0.2, -0.15) is 5.26 Å². The minimum Gasteiger partial charge on any atom is -0.493 e. The average Bonchev–Trinajstić information content (AvgIpc) is 3.25. The maximum absolute atomic E-state index is 13.6. The van der Waals surface area contributed by atoms with E-state index in [1.54, 1.807) is 49.6 Å². The van der Waals surface area contributed by atoms with Crippen LogP contribution in [0.1, 0.15) is 31.0 Å². The molecule has 0 bridgehead atoms. The fourth-order valence-electron chi connectivity index (χ4n) is 3.95. The third kappa shape index (κ3) is 5.69. The molecule has 4 rings (SSSR count). The van der Waals surface area contributed by atoms with Crippen LogP contribution < -0.4 is 29.5 Å². The Morgan fingerprint density at radius 2 is 1.76 bits per heavy atom. The Hall–Kier alpha value is -4.61. The summed E-state index contributed by atoms with van der Waals surface area (Å²) in [5, 5.41) is 12.9. The minimum atomic E-state index is -0.552. The molecule has 1 unspecified atom stereocenters. The first-order valence-corrected chi connectivity index (χ1v) is 12.9. The van der Waals surface area contributed by atoms with Crippen LogP contribution in [-0.2, 0) is 4.79 Å². The number of carbonyl (C=O) groups is 1. The van der Waals surface area contributed by atoms with Gasteiger partial charge in [-0.05, 0) is 55.3 Å². The summed E-state index contributed by atoms with van der Waals surface area (Å²) in [4.78, 5) is 26.9. The van der Waals surface area contributed by atoms with Gasteiger partial charge in [0.1, 0.15) is 10.7 Å². The van der Waals surface area contributed by atoms with E-state index in [0.29, 0.717) is 28.3 Å². The fraction of sp³-hybridized carbons (Fsp3) is 0.167. The number of para-hydroxylation sites is 1. The number of nitrogens with one attached hydrogen (secondary N) is 1. The number of carbonyl (C=O) groups excluding carboxylic acids is 1. The van der Waals surface area contributed by atoms with Gasteiger partial charge in [-0.1, -0.05) is 54.6 Å². The van der Waals surface area contributed by atoms with Crippen LogP contribution in [0, 0.1) is 11.3 Å². The van der Waals surface area contributed by atoms with Crippen molar-refractivity contribution in [2.24, 2.45) is 0 Å². The number of hydrogen-bond acceptors (Lipinski definition) is 6. The molecule has 0 aliphatic rings. The van der Waals surface area contributed by atoms with Gasteiger partial charge >= 0.3 is 0 Å². The summed E-state index contributed by atoms with van der Waals surface area (Å²) >= 11 is 1.09. The zero-order valence-corrected chi connectivity index (χ0v) is 22.1. The molecule has 0 aliphatic heterocycles. The maximum atomic E-state index is 13.6. The van der Waals surface area contributed by atoms with Gasteiger partial charge < -0.3 is 14.8 Å². The molecular weight excluding hydrogens is 498 g/mol. The Labute approximate surface area is 224 Å². The van der Waals surface area contributed by atoms with Crippen LogP contribution >= 0.6 is 11.3 Å². The molecule has 0 saturated heterocycles. The lowest BCUT2D eigenvalue weighted by Crippen LogP contribution is -2.34. The van der Waals surface area contributed by atoms with E-state index in [9.17, 15) is 14.9 Å². The summed E-state index contributed by atoms with van der Waals surface area (Å²) in [6, 6.07) is 25.5. The topological polar surface area (TPSA) is 93.4 Å². The highest BCUT2D eigenvalue weighted by Gasteiger charge is 2.19. The van der Waals surface area contributed by atoms with Crippen molar-refractivity contribution in [3.63, 3.8) is 0 Å². The molecule has 1 amide bonds. The SMILES string of the molecule is CCOc1ccc(/C=c2/s/c(=C(\C#N)C(=O)NC(C)c3ccccc3)n(-c3ccccc3)c2=O)cc1OC. The fourth-order valence-corrected chi connectivity index (χ4v) is 5.05. The van der Waals surface area contributed by atoms with E-state index in [2.05, 4.69) is 5.32 Å². The van der Waals surface area contributed by atoms with E-state index in [4.69, 9.17) is 9.47 Å². The number of methoxy groups -OCH3 is 1. The number of amides is 1. The first-order chi connectivity index (χ1) is 18.5. The molecule has 4 aromatic rings. The zero-order chi connectivity index (χ0) is 27.1. The van der Waals surface area contributed by atoms with Gasteiger partial charge in [0.05, 0.1) is 30.0 Å². The first-order valence-electron chi connectivity index (χ1n) is 12.1. The summed E-state index contributed by atoms with van der Waals surface area (Å²) in [6.45, 7) is 4.23. The predicted octanol–water partition coefficient (Wildman–Crippen LogP) is 3.69. The standard InChI is InChI=1S/C30H27N3O4S/c1-4-37-25-16-15-21(17-26(25)36-3)18-27-29(35)33(23-13-9-6-10-14-23)30(38-27)24(19-31)28(34)32-20(2)22-11-7-5-8-12-22/h5-18,20H,4H2,1-3H3,(H,32,34)/b27-18+,30-24+. The van der Waals surface area contributed by atoms with Gasteiger partial charge in [0.25, 0.3) is 11.5 Å². The van der Waals surface area contributed by atoms with Crippen LogP contribution in [0.4, 0.5) is 0 Å². The Bertz CT molecular complexity index is 1650. The molecule has 0 saturated carbocycles. The van der Waals surface area contributed by atoms with Crippen molar-refractivity contribution in [1.29, 1.82) is 5.26 Å². The molecule has 38 heavy (non-hydrogen) atoms. The van der Waals surface area contributed by atoms with Gasteiger partial charge in [0, 0.05) is 0 Å². The highest BCUT2D eigenvalue weighted by Crippen LogP contribution is 2.28. The van der Waals surface area contributed by atoms with Crippen molar-refractivity contribution in [3.8, 4) is 23.3 Å². The molecule has 3 aromatic carbocycles. The highest BCUT2D eigenvalue weighted by atomic mass is 32.1. The third-order valence-electron chi connectivity index (χ3n) is 5.82. The molecule has 0 aliphatic carbocycles. The van der Waals surface area contributed by atoms with E-state index < -0.39 is 5.91 Å². The molecule has 192 valence electrons. The molecule has 1 aromatic heterocycles. The predicted molar refractivity (Wildman–Crippen MR) is 149 cm³/mol. The number of hydrogen-bond donors (Lipinski definition) is 1. The lowest BCUT2D eigenvalue weighted by atomic mass is 10.1. The van der Waals surface area contributed by atoms with Gasteiger partial charge in [-0.3, -0.25) is 14.2 Å². The van der Waals surface area contributed by atoms with Crippen LogP contribution in [0.3, 0.4) is 0 Å². The monoisotopic (exact) mass is 525 g/mol. The molecule has 7 nitrogen and oxygen atoms in total. The summed E-state index contributed by atoms with van der Waals surface area (Å²) in [7, 11) is 1.55. The number of rotatable bonds is 8. The third-order valence-corrected chi connectivity index (χ3v) is 6.92. The van der Waals surface area contributed by atoms with Gasteiger partial charge in [-0.25, -0.2) is 0 Å². The van der Waals surface area contributed by atoms with E-state index in [-0.39, 0.29) is 21.8 Å². The van der Waals surface area contributed by atoms with Crippen LogP contribution in [-0.4, -0.2) is 24.2 Å². The van der Waals surface area contributed by atoms with Crippen molar-refractivity contribution in [2.75, 3.05) is 13.7 Å². The second-order valence-corrected chi connectivity index (χ2v) is 9.36. The number of ether oxygens (including phenoxy) is 2. The van der Waals surface area contributed by atoms with Crippen LogP contribution in [0.5, 0.6) is 11.5 Å². The number of aromatic nitrogens is 1. The van der Waals surface area contributed by atoms with Gasteiger partial charge in [0.15, 0.2) is 17.1 Å². The van der Waals surface area contributed by atoms with Crippen LogP contribution in [0.2, 0.25) is 0 Å². The smallest absolute Gasteiger partial charge is 0.273 e.